The van der Waals surface area contributed by atoms with Crippen molar-refractivity contribution in [1.82, 2.24) is 4.90 Å². The van der Waals surface area contributed by atoms with Gasteiger partial charge in [0.15, 0.2) is 0 Å². The minimum absolute atomic E-state index is 0.400. The molecule has 2 aliphatic heterocycles. The van der Waals surface area contributed by atoms with Crippen molar-refractivity contribution in [2.24, 2.45) is 0 Å². The van der Waals surface area contributed by atoms with Crippen LogP contribution in [0, 0.1) is 6.92 Å². The van der Waals surface area contributed by atoms with Crippen LogP contribution in [0.2, 0.25) is 0 Å². The van der Waals surface area contributed by atoms with Gasteiger partial charge in [-0.05, 0) is 43.7 Å². The minimum atomic E-state index is -3.43. The van der Waals surface area contributed by atoms with E-state index in [4.69, 9.17) is 0 Å². The van der Waals surface area contributed by atoms with Gasteiger partial charge in [-0.2, -0.15) is 0 Å². The third-order valence-corrected chi connectivity index (χ3v) is 7.77. The summed E-state index contributed by atoms with van der Waals surface area (Å²) in [6, 6.07) is 21.3. The molecule has 0 amide bonds. The van der Waals surface area contributed by atoms with Crippen molar-refractivity contribution in [3.63, 3.8) is 0 Å². The van der Waals surface area contributed by atoms with Gasteiger partial charge >= 0.3 is 0 Å². The summed E-state index contributed by atoms with van der Waals surface area (Å²) in [4.78, 5) is 5.33. The van der Waals surface area contributed by atoms with E-state index in [1.807, 2.05) is 24.3 Å². The number of para-hydroxylation sites is 1. The molecule has 0 aliphatic carbocycles. The molecule has 0 fully saturated rings. The highest BCUT2D eigenvalue weighted by molar-refractivity contribution is 7.92. The molecule has 0 saturated heterocycles. The van der Waals surface area contributed by atoms with E-state index in [1.165, 1.54) is 11.3 Å². The second kappa shape index (κ2) is 6.22. The number of benzene rings is 3. The molecule has 146 valence electrons. The van der Waals surface area contributed by atoms with Crippen LogP contribution in [0.5, 0.6) is 0 Å². The Hall–Kier alpha value is -3.05. The molecule has 2 aliphatic rings. The number of aryl methyl sites for hydroxylation is 1. The Morgan fingerprint density at radius 2 is 1.52 bits per heavy atom. The second-order valence-corrected chi connectivity index (χ2v) is 9.58. The zero-order valence-electron chi connectivity index (χ0n) is 16.7. The lowest BCUT2D eigenvalue weighted by molar-refractivity contribution is 0.516. The Morgan fingerprint density at radius 3 is 2.31 bits per heavy atom. The number of anilines is 1. The number of hydrogen-bond donors (Lipinski definition) is 0. The average molecular weight is 403 g/mol. The van der Waals surface area contributed by atoms with Crippen molar-refractivity contribution in [3.8, 4) is 11.1 Å². The molecule has 0 saturated carbocycles. The van der Waals surface area contributed by atoms with E-state index in [9.17, 15) is 8.42 Å². The van der Waals surface area contributed by atoms with Crippen LogP contribution in [-0.4, -0.2) is 27.0 Å². The Balaban J connectivity index is 1.66. The topological polar surface area (TPSA) is 40.6 Å². The third kappa shape index (κ3) is 2.54. The normalized spacial score (nSPS) is 16.9. The fraction of sp³-hybridized carbons (Fsp3) is 0.167. The minimum Gasteiger partial charge on any atom is -0.355 e. The third-order valence-electron chi connectivity index (χ3n) is 5.90. The van der Waals surface area contributed by atoms with Crippen LogP contribution >= 0.6 is 0 Å². The lowest BCUT2D eigenvalue weighted by Crippen LogP contribution is -2.24. The maximum atomic E-state index is 12.9. The first-order valence-electron chi connectivity index (χ1n) is 9.63. The number of rotatable bonds is 2. The number of allylic oxidation sites excluding steroid dienone is 1. The standard InChI is InChI=1S/C24H22N2O2S/c1-16-8-4-6-10-21(16)26-15-25(3)24(17(26)2)18-12-13-23-20(14-18)19-9-5-7-11-22(19)29(23,27)28/h4-14H,15H2,1-3H3. The van der Waals surface area contributed by atoms with E-state index in [1.54, 1.807) is 18.2 Å². The SMILES string of the molecule is CC1=C(c2ccc3c(c2)-c2ccccc2S3(=O)=O)N(C)CN1c1ccccc1C. The highest BCUT2D eigenvalue weighted by Gasteiger charge is 2.34. The maximum absolute atomic E-state index is 12.9. The molecule has 3 aromatic carbocycles. The summed E-state index contributed by atoms with van der Waals surface area (Å²) in [7, 11) is -1.35. The van der Waals surface area contributed by atoms with Crippen molar-refractivity contribution in [3.05, 3.63) is 83.6 Å². The highest BCUT2D eigenvalue weighted by Crippen LogP contribution is 2.45. The predicted molar refractivity (Wildman–Crippen MR) is 116 cm³/mol. The first-order valence-corrected chi connectivity index (χ1v) is 11.1. The zero-order chi connectivity index (χ0) is 20.3. The largest absolute Gasteiger partial charge is 0.355 e. The van der Waals surface area contributed by atoms with Gasteiger partial charge in [-0.3, -0.25) is 0 Å². The first-order chi connectivity index (χ1) is 13.9. The van der Waals surface area contributed by atoms with E-state index in [2.05, 4.69) is 55.0 Å². The molecular weight excluding hydrogens is 380 g/mol. The Bertz CT molecular complexity index is 1290. The summed E-state index contributed by atoms with van der Waals surface area (Å²) in [6.45, 7) is 5.01. The molecule has 0 aromatic heterocycles. The van der Waals surface area contributed by atoms with Crippen LogP contribution in [0.25, 0.3) is 16.8 Å². The fourth-order valence-electron chi connectivity index (χ4n) is 4.51. The zero-order valence-corrected chi connectivity index (χ0v) is 17.5. The molecule has 0 radical (unpaired) electrons. The number of fused-ring (bicyclic) bond motifs is 3. The summed E-state index contributed by atoms with van der Waals surface area (Å²) in [6.07, 6.45) is 0. The lowest BCUT2D eigenvalue weighted by atomic mass is 10.0. The number of sulfone groups is 1. The van der Waals surface area contributed by atoms with Gasteiger partial charge in [0.05, 0.1) is 22.2 Å². The van der Waals surface area contributed by atoms with Crippen LogP contribution in [0.1, 0.15) is 18.1 Å². The van der Waals surface area contributed by atoms with Crippen LogP contribution in [0.4, 0.5) is 5.69 Å². The van der Waals surface area contributed by atoms with Crippen molar-refractivity contribution < 1.29 is 8.42 Å². The van der Waals surface area contributed by atoms with Crippen LogP contribution < -0.4 is 4.90 Å². The van der Waals surface area contributed by atoms with Gasteiger partial charge in [0, 0.05) is 35.1 Å². The van der Waals surface area contributed by atoms with Crippen LogP contribution in [0.3, 0.4) is 0 Å². The smallest absolute Gasteiger partial charge is 0.207 e. The maximum Gasteiger partial charge on any atom is 0.207 e. The molecule has 3 aromatic rings. The summed E-state index contributed by atoms with van der Waals surface area (Å²) in [5.74, 6) is 0. The Labute approximate surface area is 171 Å². The van der Waals surface area contributed by atoms with Crippen LogP contribution in [-0.2, 0) is 9.84 Å². The van der Waals surface area contributed by atoms with Gasteiger partial charge in [0.2, 0.25) is 9.84 Å². The Morgan fingerprint density at radius 1 is 0.828 bits per heavy atom. The molecular formula is C24H22N2O2S. The molecule has 5 rings (SSSR count). The lowest BCUT2D eigenvalue weighted by Gasteiger charge is -2.22. The van der Waals surface area contributed by atoms with E-state index < -0.39 is 9.84 Å². The monoisotopic (exact) mass is 402 g/mol. The van der Waals surface area contributed by atoms with Crippen molar-refractivity contribution in [2.45, 2.75) is 23.6 Å². The fourth-order valence-corrected chi connectivity index (χ4v) is 6.18. The predicted octanol–water partition coefficient (Wildman–Crippen LogP) is 4.91. The van der Waals surface area contributed by atoms with E-state index >= 15 is 0 Å². The molecule has 0 N–H and O–H groups in total. The molecule has 2 heterocycles. The number of hydrogen-bond acceptors (Lipinski definition) is 4. The molecule has 29 heavy (non-hydrogen) atoms. The summed E-state index contributed by atoms with van der Waals surface area (Å²) < 4.78 is 25.8. The van der Waals surface area contributed by atoms with Crippen molar-refractivity contribution in [2.75, 3.05) is 18.6 Å². The molecule has 0 bridgehead atoms. The van der Waals surface area contributed by atoms with Gasteiger partial charge in [-0.15, -0.1) is 0 Å². The van der Waals surface area contributed by atoms with Crippen molar-refractivity contribution in [1.29, 1.82) is 0 Å². The quantitative estimate of drug-likeness (QED) is 0.478. The molecule has 4 nitrogen and oxygen atoms in total. The van der Waals surface area contributed by atoms with Gasteiger partial charge in [0.1, 0.15) is 0 Å². The number of nitrogens with zero attached hydrogens (tertiary/aromatic N) is 2. The molecule has 0 atom stereocenters. The van der Waals surface area contributed by atoms with Gasteiger partial charge in [-0.25, -0.2) is 8.42 Å². The first kappa shape index (κ1) is 18.0. The van der Waals surface area contributed by atoms with Gasteiger partial charge in [-0.1, -0.05) is 42.5 Å². The van der Waals surface area contributed by atoms with Crippen molar-refractivity contribution >= 4 is 21.2 Å². The summed E-state index contributed by atoms with van der Waals surface area (Å²) in [5.41, 5.74) is 7.33. The summed E-state index contributed by atoms with van der Waals surface area (Å²) in [5, 5.41) is 0. The van der Waals surface area contributed by atoms with Gasteiger partial charge < -0.3 is 9.80 Å². The van der Waals surface area contributed by atoms with E-state index in [0.717, 1.165) is 34.8 Å². The summed E-state index contributed by atoms with van der Waals surface area (Å²) >= 11 is 0. The molecule has 0 unspecified atom stereocenters. The second-order valence-electron chi connectivity index (χ2n) is 7.70. The van der Waals surface area contributed by atoms with Gasteiger partial charge in [0.25, 0.3) is 0 Å². The van der Waals surface area contributed by atoms with E-state index in [0.29, 0.717) is 9.79 Å². The molecule has 5 heteroatoms. The van der Waals surface area contributed by atoms with E-state index in [-0.39, 0.29) is 0 Å². The highest BCUT2D eigenvalue weighted by atomic mass is 32.2. The molecule has 0 spiro atoms. The van der Waals surface area contributed by atoms with Crippen LogP contribution in [0.15, 0.2) is 82.2 Å². The average Bonchev–Trinajstić information content (AvgIpc) is 3.13. The Kier molecular flexibility index (Phi) is 3.87.